The summed E-state index contributed by atoms with van der Waals surface area (Å²) in [7, 11) is 1.63. The van der Waals surface area contributed by atoms with E-state index in [9.17, 15) is 9.59 Å². The summed E-state index contributed by atoms with van der Waals surface area (Å²) in [5, 5.41) is 8.38. The van der Waals surface area contributed by atoms with Crippen LogP contribution in [-0.2, 0) is 13.0 Å². The third-order valence-electron chi connectivity index (χ3n) is 4.48. The molecule has 0 aliphatic heterocycles. The fraction of sp³-hybridized carbons (Fsp3) is 0.318. The van der Waals surface area contributed by atoms with Crippen LogP contribution in [-0.4, -0.2) is 29.3 Å². The molecule has 146 valence electrons. The van der Waals surface area contributed by atoms with Gasteiger partial charge in [0, 0.05) is 18.5 Å². The number of aromatic nitrogens is 2. The van der Waals surface area contributed by atoms with E-state index >= 15 is 0 Å². The molecule has 0 unspecified atom stereocenters. The van der Waals surface area contributed by atoms with Crippen LogP contribution in [0.4, 0.5) is 0 Å². The summed E-state index contributed by atoms with van der Waals surface area (Å²) in [6, 6.07) is 14.9. The van der Waals surface area contributed by atoms with Gasteiger partial charge in [0.2, 0.25) is 0 Å². The summed E-state index contributed by atoms with van der Waals surface area (Å²) in [5.74, 6) is 0.774. The minimum Gasteiger partial charge on any atom is -0.497 e. The molecule has 2 aromatic carbocycles. The Morgan fingerprint density at radius 3 is 2.43 bits per heavy atom. The van der Waals surface area contributed by atoms with Crippen molar-refractivity contribution in [2.75, 3.05) is 13.7 Å². The van der Waals surface area contributed by atoms with Crippen LogP contribution in [0.2, 0.25) is 0 Å². The maximum Gasteiger partial charge on any atom is 0.274 e. The molecule has 0 atom stereocenters. The maximum atomic E-state index is 12.8. The Balaban J connectivity index is 1.80. The summed E-state index contributed by atoms with van der Waals surface area (Å²) < 4.78 is 6.55. The van der Waals surface area contributed by atoms with E-state index in [4.69, 9.17) is 4.74 Å². The lowest BCUT2D eigenvalue weighted by atomic mass is 10.1. The average molecular weight is 379 g/mol. The lowest BCUT2D eigenvalue weighted by Gasteiger charge is -2.12. The van der Waals surface area contributed by atoms with Crippen LogP contribution < -0.4 is 15.6 Å². The monoisotopic (exact) mass is 379 g/mol. The smallest absolute Gasteiger partial charge is 0.274 e. The molecular weight excluding hydrogens is 354 g/mol. The molecule has 3 rings (SSSR count). The van der Waals surface area contributed by atoms with E-state index in [2.05, 4.69) is 10.4 Å². The van der Waals surface area contributed by atoms with Crippen molar-refractivity contribution in [1.29, 1.82) is 0 Å². The van der Waals surface area contributed by atoms with Gasteiger partial charge >= 0.3 is 0 Å². The van der Waals surface area contributed by atoms with E-state index in [0.717, 1.165) is 11.3 Å². The van der Waals surface area contributed by atoms with Crippen molar-refractivity contribution in [3.8, 4) is 5.75 Å². The van der Waals surface area contributed by atoms with Gasteiger partial charge in [0.25, 0.3) is 11.5 Å². The number of nitrogens with zero attached hydrogens (tertiary/aromatic N) is 2. The number of carbonyl (C=O) groups is 1. The van der Waals surface area contributed by atoms with Crippen molar-refractivity contribution in [1.82, 2.24) is 15.1 Å². The van der Waals surface area contributed by atoms with Crippen molar-refractivity contribution < 1.29 is 9.53 Å². The van der Waals surface area contributed by atoms with Crippen LogP contribution in [0.15, 0.2) is 53.3 Å². The van der Waals surface area contributed by atoms with Crippen molar-refractivity contribution in [3.63, 3.8) is 0 Å². The Hall–Kier alpha value is -3.15. The predicted molar refractivity (Wildman–Crippen MR) is 110 cm³/mol. The van der Waals surface area contributed by atoms with E-state index in [-0.39, 0.29) is 23.1 Å². The lowest BCUT2D eigenvalue weighted by molar-refractivity contribution is 0.0948. The standard InChI is InChI=1S/C22H25N3O3/c1-15(2)14-25-22(27)19-7-5-4-6-18(19)20(24-25)21(26)23-13-12-16-8-10-17(28-3)11-9-16/h4-11,15H,12-14H2,1-3H3,(H,23,26). The Bertz CT molecular complexity index is 1020. The summed E-state index contributed by atoms with van der Waals surface area (Å²) in [4.78, 5) is 25.4. The van der Waals surface area contributed by atoms with Crippen LogP contribution >= 0.6 is 0 Å². The van der Waals surface area contributed by atoms with Gasteiger partial charge in [-0.25, -0.2) is 4.68 Å². The normalized spacial score (nSPS) is 11.0. The summed E-state index contributed by atoms with van der Waals surface area (Å²) >= 11 is 0. The van der Waals surface area contributed by atoms with Crippen LogP contribution in [0.25, 0.3) is 10.8 Å². The third-order valence-corrected chi connectivity index (χ3v) is 4.48. The number of hydrogen-bond donors (Lipinski definition) is 1. The predicted octanol–water partition coefficient (Wildman–Crippen LogP) is 3.03. The second-order valence-corrected chi connectivity index (χ2v) is 7.13. The van der Waals surface area contributed by atoms with Gasteiger partial charge in [0.1, 0.15) is 5.75 Å². The number of benzene rings is 2. The number of carbonyl (C=O) groups excluding carboxylic acids is 1. The lowest BCUT2D eigenvalue weighted by Crippen LogP contribution is -2.32. The Labute approximate surface area is 164 Å². The summed E-state index contributed by atoms with van der Waals surface area (Å²) in [6.45, 7) is 4.97. The Morgan fingerprint density at radius 2 is 1.79 bits per heavy atom. The number of hydrogen-bond acceptors (Lipinski definition) is 4. The van der Waals surface area contributed by atoms with Gasteiger partial charge in [-0.3, -0.25) is 9.59 Å². The molecule has 3 aromatic rings. The molecule has 1 heterocycles. The zero-order valence-electron chi connectivity index (χ0n) is 16.4. The van der Waals surface area contributed by atoms with Crippen molar-refractivity contribution in [2.24, 2.45) is 5.92 Å². The number of rotatable bonds is 7. The van der Waals surface area contributed by atoms with Crippen LogP contribution in [0.3, 0.4) is 0 Å². The van der Waals surface area contributed by atoms with Gasteiger partial charge in [-0.1, -0.05) is 44.2 Å². The zero-order valence-corrected chi connectivity index (χ0v) is 16.4. The average Bonchev–Trinajstić information content (AvgIpc) is 2.70. The number of ether oxygens (including phenoxy) is 1. The molecule has 6 nitrogen and oxygen atoms in total. The molecule has 0 bridgehead atoms. The van der Waals surface area contributed by atoms with Gasteiger partial charge in [0.15, 0.2) is 5.69 Å². The minimum absolute atomic E-state index is 0.168. The first-order valence-corrected chi connectivity index (χ1v) is 9.40. The molecule has 0 saturated carbocycles. The fourth-order valence-corrected chi connectivity index (χ4v) is 3.07. The Morgan fingerprint density at radius 1 is 1.11 bits per heavy atom. The molecule has 28 heavy (non-hydrogen) atoms. The number of methoxy groups -OCH3 is 1. The fourth-order valence-electron chi connectivity index (χ4n) is 3.07. The molecule has 0 aliphatic carbocycles. The summed E-state index contributed by atoms with van der Waals surface area (Å²) in [6.07, 6.45) is 0.694. The highest BCUT2D eigenvalue weighted by molar-refractivity contribution is 6.04. The van der Waals surface area contributed by atoms with Crippen molar-refractivity contribution in [2.45, 2.75) is 26.8 Å². The molecule has 1 N–H and O–H groups in total. The first-order chi connectivity index (χ1) is 13.5. The minimum atomic E-state index is -0.276. The SMILES string of the molecule is COc1ccc(CCNC(=O)c2nn(CC(C)C)c(=O)c3ccccc23)cc1. The van der Waals surface area contributed by atoms with E-state index in [1.807, 2.05) is 44.2 Å². The molecule has 0 aliphatic rings. The maximum absolute atomic E-state index is 12.8. The molecule has 1 aromatic heterocycles. The topological polar surface area (TPSA) is 73.2 Å². The van der Waals surface area contributed by atoms with E-state index < -0.39 is 0 Å². The highest BCUT2D eigenvalue weighted by atomic mass is 16.5. The highest BCUT2D eigenvalue weighted by Gasteiger charge is 2.16. The van der Waals surface area contributed by atoms with Gasteiger partial charge < -0.3 is 10.1 Å². The van der Waals surface area contributed by atoms with Gasteiger partial charge in [-0.2, -0.15) is 5.10 Å². The van der Waals surface area contributed by atoms with Gasteiger partial charge in [-0.15, -0.1) is 0 Å². The van der Waals surface area contributed by atoms with Crippen molar-refractivity contribution >= 4 is 16.7 Å². The summed E-state index contributed by atoms with van der Waals surface area (Å²) in [5.41, 5.74) is 1.22. The molecule has 0 fully saturated rings. The second-order valence-electron chi connectivity index (χ2n) is 7.13. The third kappa shape index (κ3) is 4.39. The van der Waals surface area contributed by atoms with Crippen LogP contribution in [0, 0.1) is 5.92 Å². The first-order valence-electron chi connectivity index (χ1n) is 9.40. The van der Waals surface area contributed by atoms with Crippen LogP contribution in [0.1, 0.15) is 29.9 Å². The number of fused-ring (bicyclic) bond motifs is 1. The largest absolute Gasteiger partial charge is 0.497 e. The molecular formula is C22H25N3O3. The van der Waals surface area contributed by atoms with Crippen LogP contribution in [0.5, 0.6) is 5.75 Å². The zero-order chi connectivity index (χ0) is 20.1. The molecule has 0 saturated heterocycles. The van der Waals surface area contributed by atoms with Gasteiger partial charge in [-0.05, 0) is 36.1 Å². The van der Waals surface area contributed by atoms with Gasteiger partial charge in [0.05, 0.1) is 12.5 Å². The van der Waals surface area contributed by atoms with Crippen molar-refractivity contribution in [3.05, 3.63) is 70.1 Å². The first kappa shape index (κ1) is 19.6. The quantitative estimate of drug-likeness (QED) is 0.685. The van der Waals surface area contributed by atoms with E-state index in [1.165, 1.54) is 4.68 Å². The second kappa shape index (κ2) is 8.69. The molecule has 0 spiro atoms. The number of nitrogens with one attached hydrogen (secondary N) is 1. The number of amides is 1. The van der Waals surface area contributed by atoms with E-state index in [1.54, 1.807) is 25.3 Å². The molecule has 1 amide bonds. The molecule has 0 radical (unpaired) electrons. The van der Waals surface area contributed by atoms with E-state index in [0.29, 0.717) is 30.3 Å². The highest BCUT2D eigenvalue weighted by Crippen LogP contribution is 2.14. The Kier molecular flexibility index (Phi) is 6.09. The molecule has 6 heteroatoms.